The van der Waals surface area contributed by atoms with Gasteiger partial charge in [0.2, 0.25) is 0 Å². The Balaban J connectivity index is 2.09. The van der Waals surface area contributed by atoms with E-state index in [1.807, 2.05) is 0 Å². The zero-order chi connectivity index (χ0) is 13.3. The second kappa shape index (κ2) is 5.14. The Morgan fingerprint density at radius 1 is 1.44 bits per heavy atom. The van der Waals surface area contributed by atoms with E-state index in [4.69, 9.17) is 11.6 Å². The molecule has 2 heterocycles. The number of nitrogens with one attached hydrogen (secondary N) is 1. The minimum Gasteiger partial charge on any atom is -0.347 e. The van der Waals surface area contributed by atoms with E-state index in [-0.39, 0.29) is 17.4 Å². The number of alkyl halides is 1. The molecule has 1 aliphatic rings. The fourth-order valence-electron chi connectivity index (χ4n) is 1.72. The van der Waals surface area contributed by atoms with Gasteiger partial charge in [-0.1, -0.05) is 0 Å². The molecule has 1 aromatic rings. The third kappa shape index (κ3) is 3.21. The zero-order valence-electron chi connectivity index (χ0n) is 9.14. The van der Waals surface area contributed by atoms with Crippen LogP contribution in [0.15, 0.2) is 22.9 Å². The number of carbonyl (C=O) groups excluding carboxylic acids is 1. The van der Waals surface area contributed by atoms with E-state index < -0.39 is 21.3 Å². The third-order valence-corrected chi connectivity index (χ3v) is 5.38. The van der Waals surface area contributed by atoms with Crippen molar-refractivity contribution in [1.82, 2.24) is 10.3 Å². The van der Waals surface area contributed by atoms with Crippen molar-refractivity contribution in [2.24, 2.45) is 0 Å². The summed E-state index contributed by atoms with van der Waals surface area (Å²) in [6.07, 6.45) is 2.97. The first-order valence-corrected chi connectivity index (χ1v) is 8.18. The van der Waals surface area contributed by atoms with Crippen molar-refractivity contribution in [3.63, 3.8) is 0 Å². The summed E-state index contributed by atoms with van der Waals surface area (Å²) >= 11 is 9.12. The monoisotopic (exact) mass is 352 g/mol. The average molecular weight is 354 g/mol. The van der Waals surface area contributed by atoms with Gasteiger partial charge in [0.15, 0.2) is 9.84 Å². The van der Waals surface area contributed by atoms with Crippen molar-refractivity contribution in [2.45, 2.75) is 11.4 Å². The molecular weight excluding hydrogens is 344 g/mol. The van der Waals surface area contributed by atoms with E-state index in [1.54, 1.807) is 12.3 Å². The molecule has 2 rings (SSSR count). The van der Waals surface area contributed by atoms with Crippen LogP contribution in [0.3, 0.4) is 0 Å². The molecule has 5 nitrogen and oxygen atoms in total. The highest BCUT2D eigenvalue weighted by atomic mass is 79.9. The van der Waals surface area contributed by atoms with Gasteiger partial charge in [0, 0.05) is 16.9 Å². The van der Waals surface area contributed by atoms with Gasteiger partial charge >= 0.3 is 0 Å². The summed E-state index contributed by atoms with van der Waals surface area (Å²) in [5.74, 6) is -0.596. The molecule has 8 heteroatoms. The maximum Gasteiger partial charge on any atom is 0.253 e. The molecule has 1 saturated heterocycles. The SMILES string of the molecule is O=C(NC1CS(=O)(=O)CC1Cl)c1cncc(Br)c1. The number of pyridine rings is 1. The number of hydrogen-bond donors (Lipinski definition) is 1. The van der Waals surface area contributed by atoms with Gasteiger partial charge in [-0.25, -0.2) is 8.42 Å². The fourth-order valence-corrected chi connectivity index (χ4v) is 4.64. The number of sulfone groups is 1. The molecule has 1 fully saturated rings. The van der Waals surface area contributed by atoms with Crippen LogP contribution in [0.2, 0.25) is 0 Å². The van der Waals surface area contributed by atoms with E-state index in [0.29, 0.717) is 10.0 Å². The molecule has 2 unspecified atom stereocenters. The lowest BCUT2D eigenvalue weighted by Gasteiger charge is -2.14. The molecule has 18 heavy (non-hydrogen) atoms. The van der Waals surface area contributed by atoms with Gasteiger partial charge in [-0.05, 0) is 22.0 Å². The van der Waals surface area contributed by atoms with Gasteiger partial charge in [-0.2, -0.15) is 0 Å². The molecule has 98 valence electrons. The maximum atomic E-state index is 11.9. The van der Waals surface area contributed by atoms with Crippen molar-refractivity contribution >= 4 is 43.3 Å². The summed E-state index contributed by atoms with van der Waals surface area (Å²) < 4.78 is 23.4. The summed E-state index contributed by atoms with van der Waals surface area (Å²) in [6.45, 7) is 0. The molecule has 0 radical (unpaired) electrons. The highest BCUT2D eigenvalue weighted by Gasteiger charge is 2.37. The number of amides is 1. The van der Waals surface area contributed by atoms with Crippen LogP contribution >= 0.6 is 27.5 Å². The highest BCUT2D eigenvalue weighted by Crippen LogP contribution is 2.18. The number of hydrogen-bond acceptors (Lipinski definition) is 4. The van der Waals surface area contributed by atoms with Crippen LogP contribution in [-0.2, 0) is 9.84 Å². The van der Waals surface area contributed by atoms with Gasteiger partial charge in [0.1, 0.15) is 0 Å². The number of halogens is 2. The lowest BCUT2D eigenvalue weighted by atomic mass is 10.2. The zero-order valence-corrected chi connectivity index (χ0v) is 12.3. The first kappa shape index (κ1) is 13.8. The van der Waals surface area contributed by atoms with E-state index >= 15 is 0 Å². The second-order valence-corrected chi connectivity index (χ2v) is 7.69. The maximum absolute atomic E-state index is 11.9. The van der Waals surface area contributed by atoms with Crippen LogP contribution in [0.4, 0.5) is 0 Å². The Kier molecular flexibility index (Phi) is 3.93. The van der Waals surface area contributed by atoms with Crippen molar-refractivity contribution < 1.29 is 13.2 Å². The highest BCUT2D eigenvalue weighted by molar-refractivity contribution is 9.10. The molecule has 0 aromatic carbocycles. The minimum absolute atomic E-state index is 0.101. The molecular formula is C10H10BrClN2O3S. The van der Waals surface area contributed by atoms with Crippen molar-refractivity contribution in [3.05, 3.63) is 28.5 Å². The Morgan fingerprint density at radius 3 is 2.72 bits per heavy atom. The lowest BCUT2D eigenvalue weighted by Crippen LogP contribution is -2.40. The number of aromatic nitrogens is 1. The van der Waals surface area contributed by atoms with Gasteiger partial charge in [-0.15, -0.1) is 11.6 Å². The molecule has 1 aromatic heterocycles. The molecule has 1 aliphatic heterocycles. The van der Waals surface area contributed by atoms with Crippen LogP contribution < -0.4 is 5.32 Å². The Labute approximate surface area is 118 Å². The van der Waals surface area contributed by atoms with Crippen LogP contribution in [0.25, 0.3) is 0 Å². The first-order valence-electron chi connectivity index (χ1n) is 5.13. The summed E-state index contributed by atoms with van der Waals surface area (Å²) in [5, 5.41) is 2.03. The molecule has 2 atom stereocenters. The van der Waals surface area contributed by atoms with Gasteiger partial charge in [0.05, 0.1) is 28.5 Å². The normalized spacial score (nSPS) is 25.9. The fraction of sp³-hybridized carbons (Fsp3) is 0.400. The molecule has 0 aliphatic carbocycles. The van der Waals surface area contributed by atoms with Gasteiger partial charge < -0.3 is 5.32 Å². The number of rotatable bonds is 2. The number of nitrogens with zero attached hydrogens (tertiary/aromatic N) is 1. The van der Waals surface area contributed by atoms with Crippen LogP contribution in [-0.4, -0.2) is 42.2 Å². The van der Waals surface area contributed by atoms with Crippen molar-refractivity contribution in [1.29, 1.82) is 0 Å². The van der Waals surface area contributed by atoms with Crippen LogP contribution in [0.5, 0.6) is 0 Å². The van der Waals surface area contributed by atoms with Crippen LogP contribution in [0, 0.1) is 0 Å². The summed E-state index contributed by atoms with van der Waals surface area (Å²) in [4.78, 5) is 15.8. The lowest BCUT2D eigenvalue weighted by molar-refractivity contribution is 0.0941. The Bertz CT molecular complexity index is 578. The van der Waals surface area contributed by atoms with Crippen molar-refractivity contribution in [2.75, 3.05) is 11.5 Å². The average Bonchev–Trinajstić information content (AvgIpc) is 2.51. The first-order chi connectivity index (χ1) is 8.37. The Hall–Kier alpha value is -0.660. The topological polar surface area (TPSA) is 76.1 Å². The standard InChI is InChI=1S/C10H10BrClN2O3S/c11-7-1-6(2-13-3-7)10(15)14-9-5-18(16,17)4-8(9)12/h1-3,8-9H,4-5H2,(H,14,15). The van der Waals surface area contributed by atoms with Crippen LogP contribution in [0.1, 0.15) is 10.4 Å². The third-order valence-electron chi connectivity index (χ3n) is 2.57. The molecule has 0 bridgehead atoms. The number of carbonyl (C=O) groups is 1. The van der Waals surface area contributed by atoms with E-state index in [2.05, 4.69) is 26.2 Å². The van der Waals surface area contributed by atoms with Crippen molar-refractivity contribution in [3.8, 4) is 0 Å². The van der Waals surface area contributed by atoms with E-state index in [1.165, 1.54) is 6.20 Å². The molecule has 1 N–H and O–H groups in total. The minimum atomic E-state index is -3.15. The predicted molar refractivity (Wildman–Crippen MR) is 71.5 cm³/mol. The molecule has 1 amide bonds. The smallest absolute Gasteiger partial charge is 0.253 e. The van der Waals surface area contributed by atoms with Gasteiger partial charge in [-0.3, -0.25) is 9.78 Å². The molecule has 0 spiro atoms. The largest absolute Gasteiger partial charge is 0.347 e. The summed E-state index contributed by atoms with van der Waals surface area (Å²) in [6, 6.07) is 1.05. The quantitative estimate of drug-likeness (QED) is 0.804. The summed E-state index contributed by atoms with van der Waals surface area (Å²) in [5.41, 5.74) is 0.359. The molecule has 0 saturated carbocycles. The van der Waals surface area contributed by atoms with Gasteiger partial charge in [0.25, 0.3) is 5.91 Å². The van der Waals surface area contributed by atoms with E-state index in [0.717, 1.165) is 0 Å². The summed E-state index contributed by atoms with van der Waals surface area (Å²) in [7, 11) is -3.15. The van der Waals surface area contributed by atoms with E-state index in [9.17, 15) is 13.2 Å². The second-order valence-electron chi connectivity index (χ2n) is 4.06. The predicted octanol–water partition coefficient (Wildman–Crippen LogP) is 0.978. The Morgan fingerprint density at radius 2 is 2.17 bits per heavy atom.